The molecule has 0 spiro atoms. The highest BCUT2D eigenvalue weighted by Crippen LogP contribution is 2.45. The van der Waals surface area contributed by atoms with Gasteiger partial charge in [-0.25, -0.2) is 9.13 Å². The third kappa shape index (κ3) is 75.6. The first-order chi connectivity index (χ1) is 48.9. The standard InChI is InChI=1S/C82H156O17P2/c1-7-9-11-13-15-17-19-21-23-24-26-30-34-40-46-52-58-64-79(84)92-70-77(98-82(87)67-61-55-49-42-36-32-28-27-29-33-38-44-50-56-62-74(3)4)72-96-100(88,89)94-68-76(83)69-95-101(90,91)97-73-78(71-93-80(85)65-59-53-47-43-37-39-45-51-57-63-75(5)6)99-81(86)66-60-54-48-41-35-31-25-22-20-18-16-14-12-10-8-2/h18,20,22,25,74-78,83H,7-17,19,21,23-24,26-73H2,1-6H3,(H,88,89)(H,90,91)/b20-18-,25-22-/t76-,77-,78-/m1/s1. The number of phosphoric ester groups is 2. The molecule has 0 amide bonds. The molecule has 19 heteroatoms. The molecule has 0 saturated heterocycles. The van der Waals surface area contributed by atoms with Crippen LogP contribution in [0.1, 0.15) is 408 Å². The SMILES string of the molecule is CCCCCC/C=C\C=C/CCCCCCCC(=O)O[C@H](COC(=O)CCCCCCCCCCCC(C)C)COP(=O)(O)OC[C@H](O)COP(=O)(O)OC[C@@H](COC(=O)CCCCCCCCCCCCCCCCCCC)OC(=O)CCCCCCCCCCCCCCCCC(C)C. The van der Waals surface area contributed by atoms with Gasteiger partial charge in [0, 0.05) is 25.7 Å². The molecule has 101 heavy (non-hydrogen) atoms. The van der Waals surface area contributed by atoms with E-state index >= 15 is 0 Å². The van der Waals surface area contributed by atoms with Crippen molar-refractivity contribution in [2.45, 2.75) is 426 Å². The third-order valence-corrected chi connectivity index (χ3v) is 20.5. The number of aliphatic hydroxyl groups excluding tert-OH is 1. The average Bonchev–Trinajstić information content (AvgIpc) is 0.922. The smallest absolute Gasteiger partial charge is 0.462 e. The zero-order valence-electron chi connectivity index (χ0n) is 65.7. The first-order valence-electron chi connectivity index (χ1n) is 41.8. The Morgan fingerprint density at radius 3 is 0.812 bits per heavy atom. The molecule has 0 aliphatic rings. The normalized spacial score (nSPS) is 14.0. The van der Waals surface area contributed by atoms with E-state index in [0.29, 0.717) is 25.7 Å². The zero-order chi connectivity index (χ0) is 74.2. The number of hydrogen-bond donors (Lipinski definition) is 3. The second kappa shape index (κ2) is 73.1. The molecular formula is C82H156O17P2. The van der Waals surface area contributed by atoms with Gasteiger partial charge in [0.2, 0.25) is 0 Å². The number of phosphoric acid groups is 2. The predicted octanol–water partition coefficient (Wildman–Crippen LogP) is 24.2. The van der Waals surface area contributed by atoms with Crippen LogP contribution >= 0.6 is 15.6 Å². The molecule has 0 aliphatic carbocycles. The van der Waals surface area contributed by atoms with Crippen LogP contribution in [0.4, 0.5) is 0 Å². The van der Waals surface area contributed by atoms with Crippen molar-refractivity contribution in [2.75, 3.05) is 39.6 Å². The monoisotopic (exact) mass is 1480 g/mol. The van der Waals surface area contributed by atoms with Crippen molar-refractivity contribution in [1.82, 2.24) is 0 Å². The summed E-state index contributed by atoms with van der Waals surface area (Å²) in [5.41, 5.74) is 0. The van der Waals surface area contributed by atoms with Crippen LogP contribution in [-0.4, -0.2) is 96.7 Å². The van der Waals surface area contributed by atoms with Gasteiger partial charge in [0.1, 0.15) is 19.3 Å². The first kappa shape index (κ1) is 98.5. The number of aliphatic hydroxyl groups is 1. The van der Waals surface area contributed by atoms with Crippen LogP contribution in [-0.2, 0) is 65.4 Å². The second-order valence-corrected chi connectivity index (χ2v) is 32.7. The van der Waals surface area contributed by atoms with E-state index < -0.39 is 97.5 Å². The van der Waals surface area contributed by atoms with Crippen molar-refractivity contribution < 1.29 is 80.2 Å². The van der Waals surface area contributed by atoms with Gasteiger partial charge in [-0.1, -0.05) is 355 Å². The third-order valence-electron chi connectivity index (χ3n) is 18.6. The van der Waals surface area contributed by atoms with Crippen LogP contribution in [0.5, 0.6) is 0 Å². The molecule has 0 aliphatic heterocycles. The van der Waals surface area contributed by atoms with E-state index in [1.807, 2.05) is 0 Å². The van der Waals surface area contributed by atoms with Gasteiger partial charge < -0.3 is 33.8 Å². The van der Waals surface area contributed by atoms with Gasteiger partial charge in [0.15, 0.2) is 12.2 Å². The van der Waals surface area contributed by atoms with E-state index in [1.54, 1.807) is 0 Å². The average molecular weight is 1480 g/mol. The fourth-order valence-electron chi connectivity index (χ4n) is 12.2. The molecule has 0 heterocycles. The zero-order valence-corrected chi connectivity index (χ0v) is 67.5. The van der Waals surface area contributed by atoms with Crippen LogP contribution in [0.25, 0.3) is 0 Å². The number of carbonyl (C=O) groups excluding carboxylic acids is 4. The summed E-state index contributed by atoms with van der Waals surface area (Å²) >= 11 is 0. The summed E-state index contributed by atoms with van der Waals surface area (Å²) in [6, 6.07) is 0. The molecule has 2 unspecified atom stereocenters. The molecule has 596 valence electrons. The lowest BCUT2D eigenvalue weighted by molar-refractivity contribution is -0.161. The molecule has 5 atom stereocenters. The predicted molar refractivity (Wildman–Crippen MR) is 414 cm³/mol. The van der Waals surface area contributed by atoms with Crippen LogP contribution < -0.4 is 0 Å². The number of hydrogen-bond acceptors (Lipinski definition) is 15. The van der Waals surface area contributed by atoms with Crippen molar-refractivity contribution in [3.05, 3.63) is 24.3 Å². The van der Waals surface area contributed by atoms with E-state index in [-0.39, 0.29) is 25.7 Å². The molecule has 0 radical (unpaired) electrons. The minimum atomic E-state index is -4.97. The van der Waals surface area contributed by atoms with E-state index in [4.69, 9.17) is 37.0 Å². The molecule has 0 fully saturated rings. The Balaban J connectivity index is 5.30. The quantitative estimate of drug-likeness (QED) is 0.0169. The molecular weight excluding hydrogens is 1320 g/mol. The molecule has 0 aromatic carbocycles. The largest absolute Gasteiger partial charge is 0.472 e. The summed E-state index contributed by atoms with van der Waals surface area (Å²) in [6.45, 7) is 9.58. The van der Waals surface area contributed by atoms with E-state index in [2.05, 4.69) is 65.8 Å². The number of allylic oxidation sites excluding steroid dienone is 4. The molecule has 0 aromatic rings. The summed E-state index contributed by atoms with van der Waals surface area (Å²) < 4.78 is 68.7. The number of rotatable bonds is 79. The topological polar surface area (TPSA) is 237 Å². The minimum absolute atomic E-state index is 0.0848. The Morgan fingerprint density at radius 1 is 0.307 bits per heavy atom. The van der Waals surface area contributed by atoms with Gasteiger partial charge in [0.25, 0.3) is 0 Å². The van der Waals surface area contributed by atoms with Crippen molar-refractivity contribution in [2.24, 2.45) is 11.8 Å². The summed E-state index contributed by atoms with van der Waals surface area (Å²) in [6.07, 6.45) is 66.0. The Bertz CT molecular complexity index is 2040. The second-order valence-electron chi connectivity index (χ2n) is 29.8. The van der Waals surface area contributed by atoms with E-state index in [1.165, 1.54) is 212 Å². The number of carbonyl (C=O) groups is 4. The van der Waals surface area contributed by atoms with E-state index in [9.17, 15) is 43.2 Å². The Kier molecular flexibility index (Phi) is 71.3. The molecule has 0 aromatic heterocycles. The van der Waals surface area contributed by atoms with Crippen LogP contribution in [0.3, 0.4) is 0 Å². The van der Waals surface area contributed by atoms with Crippen molar-refractivity contribution in [1.29, 1.82) is 0 Å². The molecule has 3 N–H and O–H groups in total. The van der Waals surface area contributed by atoms with Crippen LogP contribution in [0.15, 0.2) is 24.3 Å². The fourth-order valence-corrected chi connectivity index (χ4v) is 13.8. The maximum absolute atomic E-state index is 13.1. The number of esters is 4. The number of ether oxygens (including phenoxy) is 4. The Labute approximate surface area is 618 Å². The summed E-state index contributed by atoms with van der Waals surface area (Å²) in [5, 5.41) is 10.6. The van der Waals surface area contributed by atoms with Crippen molar-refractivity contribution >= 4 is 39.5 Å². The molecule has 17 nitrogen and oxygen atoms in total. The Hall–Kier alpha value is -2.46. The maximum Gasteiger partial charge on any atom is 0.472 e. The van der Waals surface area contributed by atoms with Gasteiger partial charge in [-0.05, 0) is 63.2 Å². The Morgan fingerprint density at radius 2 is 0.535 bits per heavy atom. The highest BCUT2D eigenvalue weighted by atomic mass is 31.2. The van der Waals surface area contributed by atoms with Gasteiger partial charge in [-0.15, -0.1) is 0 Å². The first-order valence-corrected chi connectivity index (χ1v) is 44.8. The van der Waals surface area contributed by atoms with Gasteiger partial charge >= 0.3 is 39.5 Å². The van der Waals surface area contributed by atoms with Gasteiger partial charge in [-0.3, -0.25) is 37.3 Å². The minimum Gasteiger partial charge on any atom is -0.462 e. The van der Waals surface area contributed by atoms with Gasteiger partial charge in [0.05, 0.1) is 26.4 Å². The maximum atomic E-state index is 13.1. The highest BCUT2D eigenvalue weighted by Gasteiger charge is 2.30. The van der Waals surface area contributed by atoms with Crippen LogP contribution in [0.2, 0.25) is 0 Å². The van der Waals surface area contributed by atoms with Crippen molar-refractivity contribution in [3.8, 4) is 0 Å². The van der Waals surface area contributed by atoms with Crippen LogP contribution in [0, 0.1) is 11.8 Å². The van der Waals surface area contributed by atoms with Crippen molar-refractivity contribution in [3.63, 3.8) is 0 Å². The summed E-state index contributed by atoms with van der Waals surface area (Å²) in [4.78, 5) is 73.1. The molecule has 0 rings (SSSR count). The molecule has 0 bridgehead atoms. The lowest BCUT2D eigenvalue weighted by Crippen LogP contribution is -2.30. The summed E-state index contributed by atoms with van der Waals surface area (Å²) in [5.74, 6) is -0.602. The van der Waals surface area contributed by atoms with Gasteiger partial charge in [-0.2, -0.15) is 0 Å². The number of unbranched alkanes of at least 4 members (excludes halogenated alkanes) is 46. The fraction of sp³-hybridized carbons (Fsp3) is 0.902. The van der Waals surface area contributed by atoms with E-state index in [0.717, 1.165) is 115 Å². The molecule has 0 saturated carbocycles. The lowest BCUT2D eigenvalue weighted by Gasteiger charge is -2.21. The lowest BCUT2D eigenvalue weighted by atomic mass is 10.0. The highest BCUT2D eigenvalue weighted by molar-refractivity contribution is 7.47. The summed E-state index contributed by atoms with van der Waals surface area (Å²) in [7, 11) is -9.94.